The molecule has 2 atom stereocenters. The van der Waals surface area contributed by atoms with Gasteiger partial charge in [-0.05, 0) is 235 Å². The summed E-state index contributed by atoms with van der Waals surface area (Å²) in [5.74, 6) is -1.42. The summed E-state index contributed by atoms with van der Waals surface area (Å²) in [6.07, 6.45) is 23.8. The first kappa shape index (κ1) is 115. The van der Waals surface area contributed by atoms with Gasteiger partial charge in [0, 0.05) is 137 Å². The first-order valence-electron chi connectivity index (χ1n) is 45.2. The summed E-state index contributed by atoms with van der Waals surface area (Å²) >= 11 is 0. The molecule has 3 aliphatic heterocycles. The second kappa shape index (κ2) is 54.8. The first-order chi connectivity index (χ1) is 64.0. The van der Waals surface area contributed by atoms with Crippen molar-refractivity contribution in [3.05, 3.63) is 220 Å². The summed E-state index contributed by atoms with van der Waals surface area (Å²) in [5.41, 5.74) is 3.27. The molecule has 8 fully saturated rings. The summed E-state index contributed by atoms with van der Waals surface area (Å²) in [6, 6.07) is 35.2. The van der Waals surface area contributed by atoms with Crippen molar-refractivity contribution in [2.75, 3.05) is 52.7 Å². The van der Waals surface area contributed by atoms with Gasteiger partial charge in [-0.25, -0.2) is 44.4 Å². The van der Waals surface area contributed by atoms with Gasteiger partial charge in [0.05, 0.1) is 45.2 Å². The maximum Gasteiger partial charge on any atom is 1.00 e. The number of nitrogens with zero attached hydrogens (tertiary/aromatic N) is 10. The quantitative estimate of drug-likeness (QED) is 0.0179. The zero-order chi connectivity index (χ0) is 99.2. The second-order valence-electron chi connectivity index (χ2n) is 35.1. The average Bonchev–Trinajstić information content (AvgIpc) is 1.12. The van der Waals surface area contributed by atoms with Gasteiger partial charge < -0.3 is 66.7 Å². The monoisotopic (exact) mass is 1920 g/mol. The van der Waals surface area contributed by atoms with Crippen molar-refractivity contribution >= 4 is 45.9 Å². The molecule has 1 amide bonds. The Morgan fingerprint density at radius 3 is 1.12 bits per heavy atom. The van der Waals surface area contributed by atoms with Gasteiger partial charge in [0.2, 0.25) is 18.4 Å². The van der Waals surface area contributed by atoms with Crippen LogP contribution < -0.4 is 39.6 Å². The topological polar surface area (TPSA) is 415 Å². The molecule has 38 heteroatoms. The maximum atomic E-state index is 13.1. The molecule has 0 unspecified atom stereocenters. The fourth-order valence-electron chi connectivity index (χ4n) is 16.7. The number of pyridine rings is 5. The fourth-order valence-corrected chi connectivity index (χ4v) is 16.7. The molecular formula is C98H123BF6N11NaO18Si+. The van der Waals surface area contributed by atoms with E-state index >= 15 is 0 Å². The van der Waals surface area contributed by atoms with Crippen molar-refractivity contribution in [2.45, 2.75) is 279 Å². The van der Waals surface area contributed by atoms with Crippen molar-refractivity contribution in [2.24, 2.45) is 0 Å². The third-order valence-corrected chi connectivity index (χ3v) is 25.1. The van der Waals surface area contributed by atoms with Gasteiger partial charge in [0.15, 0.2) is 36.6 Å². The molecule has 5 N–H and O–H groups in total. The van der Waals surface area contributed by atoms with Gasteiger partial charge in [-0.15, -0.1) is 0 Å². The number of carbonyl (C=O) groups is 5. The number of aromatic nitrogens is 5. The van der Waals surface area contributed by atoms with Crippen molar-refractivity contribution in [3.8, 4) is 23.9 Å². The van der Waals surface area contributed by atoms with Crippen LogP contribution in [0.1, 0.15) is 283 Å². The SMILES string of the molecule is CC(=O)OOC(C)=O.CCN(C(=O)c1ccc([C@](C)(O)C(F)(F)F)cc1)C1CCC(c2ccc(C#N)nc2)CC1.CCNC1CCC(c2ccc(C#N)nc2)CC1.C[C@](O)(c1ccc(C(=O)O)cc1)C(F)(F)F.C[Si](C)(C)C#N.N#Cc1ccc(C2CCC3(CC2)OCCO3)cn1.O[n+]1cccc(C2CCC3(CC2)OCCO3)c1.[B-]OC(C)=O.[Na+].c1cncc(C2CCC3(CC2)OCCO3)c1. The van der Waals surface area contributed by atoms with Crippen LogP contribution in [0.5, 0.6) is 0 Å². The number of rotatable bonds is 13. The van der Waals surface area contributed by atoms with Crippen LogP contribution in [0, 0.1) is 44.9 Å². The van der Waals surface area contributed by atoms with Gasteiger partial charge in [0.25, 0.3) is 5.91 Å². The molecular weight excluding hydrogens is 1800 g/mol. The number of hydrogen-bond acceptors (Lipinski definition) is 26. The molecule has 8 heterocycles. The third-order valence-electron chi connectivity index (χ3n) is 24.5. The predicted molar refractivity (Wildman–Crippen MR) is 484 cm³/mol. The molecule has 8 aliphatic rings. The number of ether oxygens (including phenoxy) is 6. The number of benzene rings is 2. The number of hydrogen-bond donors (Lipinski definition) is 5. The van der Waals surface area contributed by atoms with E-state index in [0.29, 0.717) is 78.7 Å². The molecule has 5 saturated carbocycles. The van der Waals surface area contributed by atoms with E-state index < -0.39 is 61.1 Å². The minimum absolute atomic E-state index is 0. The summed E-state index contributed by atoms with van der Waals surface area (Å²) in [6.45, 7) is 20.9. The van der Waals surface area contributed by atoms with Crippen LogP contribution >= 0.6 is 0 Å². The summed E-state index contributed by atoms with van der Waals surface area (Å²) in [5, 5.41) is 75.1. The molecule has 5 aliphatic carbocycles. The molecule has 3 spiro atoms. The normalized spacial score (nSPS) is 20.7. The molecule has 5 aromatic heterocycles. The maximum absolute atomic E-state index is 13.1. The van der Waals surface area contributed by atoms with E-state index in [1.165, 1.54) is 67.0 Å². The van der Waals surface area contributed by atoms with E-state index in [2.05, 4.69) is 84.6 Å². The van der Waals surface area contributed by atoms with E-state index in [9.17, 15) is 65.7 Å². The number of alkyl halides is 6. The molecule has 3 radical (unpaired) electrons. The molecule has 15 rings (SSSR count). The minimum Gasteiger partial charge on any atom is -0.793 e. The molecule has 136 heavy (non-hydrogen) atoms. The number of carboxylic acid groups (broad SMARTS) is 1. The Morgan fingerprint density at radius 2 is 0.838 bits per heavy atom. The Labute approximate surface area is 815 Å². The Bertz CT molecular complexity index is 4990. The Hall–Kier alpha value is -10.2. The van der Waals surface area contributed by atoms with Gasteiger partial charge >= 0.3 is 59.8 Å². The zero-order valence-electron chi connectivity index (χ0n) is 79.1. The Kier molecular flexibility index (Phi) is 46.2. The molecule has 727 valence electrons. The molecule has 2 aromatic carbocycles. The number of carboxylic acids is 1. The number of nitrogens with one attached hydrogen (secondary N) is 1. The van der Waals surface area contributed by atoms with Gasteiger partial charge in [0.1, 0.15) is 35.3 Å². The third kappa shape index (κ3) is 36.0. The second-order valence-corrected chi connectivity index (χ2v) is 39.9. The minimum atomic E-state index is -4.81. The van der Waals surface area contributed by atoms with Crippen molar-refractivity contribution in [1.82, 2.24) is 30.2 Å². The molecule has 7 aromatic rings. The number of amides is 1. The standard InChI is InChI=1S/C24H26F3N3O2.C14H19N3.C14H16N2O2.C13H18NO3.C13H17NO2.C10H9F3O3.C4H9NSi.C4H6O4.C2H3BO2.Na/c1-3-30(21-12-7-16(8-13-21)18-6-11-20(14-28)29-15-18)22(31)17-4-9-19(10-5-17)23(2,32)24(25,26)27;1-2-16-13-6-3-11(4-7-13)12-5-8-14(9-15)17-10-12;15-9-13-2-1-12(10-16-13)11-3-5-14(6-4-11)17-7-8-18-14;15-14-7-1-2-12(10-14)11-3-5-13(6-4-11)16-8-9-17-13;1-2-12(10-14-7-1)11-3-5-13(6-4-11)15-8-9-16-13;1-9(16,10(11,12)13)7-4-2-6(3-5-7)8(14)15;1-6(2,3)4-5;1-3(5)7-8-4(2)6;1-2(4)5-3;/h4-6,9-11,15-16,21,32H,3,7-8,12-13H2,1-2H3;5,8,10-11,13,16H,2-4,6-7H2,1H3;1-2,10-11H,3-8H2;1-2,7,10-11,15H,3-6,8-9H2;1-2,7,10-11H,3-6,8-9H2;2-5,16H,1H3,(H,14,15);1-3H3;1-2H3;1H3;/q;;;+1;;;;;-1;+1/t16?,21?,23-;;;;;9-;;;;/m0....0..../s1. The average molecular weight is 1920 g/mol. The Morgan fingerprint density at radius 1 is 0.507 bits per heavy atom. The number of nitriles is 4. The van der Waals surface area contributed by atoms with Crippen molar-refractivity contribution in [1.29, 1.82) is 21.0 Å². The van der Waals surface area contributed by atoms with E-state index in [1.54, 1.807) is 35.6 Å². The summed E-state index contributed by atoms with van der Waals surface area (Å²) in [4.78, 5) is 78.7. The first-order valence-corrected chi connectivity index (χ1v) is 48.7. The van der Waals surface area contributed by atoms with Crippen LogP contribution in [-0.4, -0.2) is 186 Å². The smallest absolute Gasteiger partial charge is 0.793 e. The van der Waals surface area contributed by atoms with E-state index in [-0.39, 0.29) is 70.0 Å². The molecule has 3 saturated heterocycles. The van der Waals surface area contributed by atoms with Crippen LogP contribution in [0.4, 0.5) is 26.3 Å². The van der Waals surface area contributed by atoms with E-state index in [4.69, 9.17) is 54.6 Å². The number of halogens is 6. The largest absolute Gasteiger partial charge is 1.00 e. The predicted octanol–water partition coefficient (Wildman–Crippen LogP) is 14.2. The summed E-state index contributed by atoms with van der Waals surface area (Å²) < 4.78 is 115. The Balaban J connectivity index is 0.000000245. The zero-order valence-corrected chi connectivity index (χ0v) is 82.1. The van der Waals surface area contributed by atoms with Crippen LogP contribution in [0.2, 0.25) is 19.6 Å². The molecule has 0 bridgehead atoms. The van der Waals surface area contributed by atoms with E-state index in [0.717, 1.165) is 209 Å². The van der Waals surface area contributed by atoms with Crippen molar-refractivity contribution in [3.63, 3.8) is 0 Å². The van der Waals surface area contributed by atoms with Gasteiger partial charge in [-0.2, -0.15) is 42.1 Å². The van der Waals surface area contributed by atoms with Crippen LogP contribution in [0.3, 0.4) is 0 Å². The number of aliphatic hydroxyl groups is 2. The number of aromatic carboxylic acids is 1. The molecule has 29 nitrogen and oxygen atoms in total. The number of carbonyl (C=O) groups excluding carboxylic acids is 4. The van der Waals surface area contributed by atoms with Gasteiger partial charge in [-0.1, -0.05) is 75.1 Å². The van der Waals surface area contributed by atoms with Crippen molar-refractivity contribution < 1.29 is 148 Å². The summed E-state index contributed by atoms with van der Waals surface area (Å²) in [7, 11) is 3.00. The van der Waals surface area contributed by atoms with Crippen LogP contribution in [0.15, 0.2) is 153 Å². The van der Waals surface area contributed by atoms with Crippen LogP contribution in [-0.2, 0) is 68.4 Å². The van der Waals surface area contributed by atoms with Gasteiger partial charge in [-0.3, -0.25) is 19.8 Å². The van der Waals surface area contributed by atoms with Crippen LogP contribution in [0.25, 0.3) is 0 Å². The van der Waals surface area contributed by atoms with E-state index in [1.807, 2.05) is 93.8 Å². The fraction of sp³-hybridized carbons (Fsp3) is 0.531.